The predicted molar refractivity (Wildman–Crippen MR) is 114 cm³/mol. The Bertz CT molecular complexity index is 896. The van der Waals surface area contributed by atoms with E-state index in [9.17, 15) is 0 Å². The molecule has 144 valence electrons. The lowest BCUT2D eigenvalue weighted by Gasteiger charge is -2.33. The smallest absolute Gasteiger partial charge is 0.159 e. The fraction of sp³-hybridized carbons (Fsp3) is 0.348. The third-order valence-corrected chi connectivity index (χ3v) is 5.23. The molecular weight excluding hydrogens is 346 g/mol. The van der Waals surface area contributed by atoms with Crippen LogP contribution in [0.1, 0.15) is 38.4 Å². The molecule has 0 spiro atoms. The van der Waals surface area contributed by atoms with Gasteiger partial charge in [-0.3, -0.25) is 4.90 Å². The highest BCUT2D eigenvalue weighted by Gasteiger charge is 2.19. The number of nitrogens with one attached hydrogen (secondary N) is 1. The standard InChI is InChI=1S/C23H27N5/c1-2-13-28-14-7-6-10-20(28)11-12-22-24-17-21(27-22)19-15-25-23(26-16-19)18-8-4-3-5-9-18/h3-5,8-9,11-12,15-17,20H,2,6-7,10,13-14H2,1H3,(H,24,27)/b12-11+. The number of piperidine rings is 1. The molecule has 1 unspecified atom stereocenters. The first-order valence-electron chi connectivity index (χ1n) is 10.2. The highest BCUT2D eigenvalue weighted by atomic mass is 15.2. The maximum Gasteiger partial charge on any atom is 0.159 e. The Labute approximate surface area is 166 Å². The molecule has 1 fully saturated rings. The van der Waals surface area contributed by atoms with Gasteiger partial charge in [-0.25, -0.2) is 15.0 Å². The van der Waals surface area contributed by atoms with Crippen LogP contribution >= 0.6 is 0 Å². The third-order valence-electron chi connectivity index (χ3n) is 5.23. The molecule has 2 aromatic heterocycles. The first-order chi connectivity index (χ1) is 13.8. The van der Waals surface area contributed by atoms with E-state index in [1.807, 2.05) is 48.9 Å². The van der Waals surface area contributed by atoms with Gasteiger partial charge in [0.15, 0.2) is 5.82 Å². The number of hydrogen-bond donors (Lipinski definition) is 1. The Morgan fingerprint density at radius 2 is 1.93 bits per heavy atom. The zero-order chi connectivity index (χ0) is 19.2. The predicted octanol–water partition coefficient (Wildman–Crippen LogP) is 4.81. The summed E-state index contributed by atoms with van der Waals surface area (Å²) in [5.41, 5.74) is 2.80. The minimum absolute atomic E-state index is 0.524. The molecule has 3 aromatic rings. The van der Waals surface area contributed by atoms with Crippen molar-refractivity contribution in [1.29, 1.82) is 0 Å². The SMILES string of the molecule is CCCN1CCCCC1/C=C/c1nc(-c2cnc(-c3ccccc3)nc2)c[nH]1. The second-order valence-corrected chi connectivity index (χ2v) is 7.29. The molecule has 1 N–H and O–H groups in total. The first-order valence-corrected chi connectivity index (χ1v) is 10.2. The summed E-state index contributed by atoms with van der Waals surface area (Å²) in [4.78, 5) is 19.5. The average Bonchev–Trinajstić information content (AvgIpc) is 3.23. The van der Waals surface area contributed by atoms with Gasteiger partial charge in [-0.2, -0.15) is 0 Å². The molecular formula is C23H27N5. The molecule has 1 saturated heterocycles. The average molecular weight is 374 g/mol. The van der Waals surface area contributed by atoms with Crippen molar-refractivity contribution < 1.29 is 0 Å². The van der Waals surface area contributed by atoms with E-state index < -0.39 is 0 Å². The van der Waals surface area contributed by atoms with E-state index in [-0.39, 0.29) is 0 Å². The van der Waals surface area contributed by atoms with Crippen molar-refractivity contribution in [3.8, 4) is 22.6 Å². The number of benzene rings is 1. The number of aromatic amines is 1. The van der Waals surface area contributed by atoms with Crippen LogP contribution < -0.4 is 0 Å². The van der Waals surface area contributed by atoms with Gasteiger partial charge in [0, 0.05) is 35.8 Å². The van der Waals surface area contributed by atoms with Gasteiger partial charge in [0.2, 0.25) is 0 Å². The number of rotatable bonds is 6. The van der Waals surface area contributed by atoms with Crippen LogP contribution in [0.5, 0.6) is 0 Å². The summed E-state index contributed by atoms with van der Waals surface area (Å²) in [5, 5.41) is 0. The van der Waals surface area contributed by atoms with E-state index in [4.69, 9.17) is 4.98 Å². The Hall–Kier alpha value is -2.79. The molecule has 1 aromatic carbocycles. The summed E-state index contributed by atoms with van der Waals surface area (Å²) in [6, 6.07) is 10.5. The van der Waals surface area contributed by atoms with Gasteiger partial charge in [-0.05, 0) is 38.4 Å². The van der Waals surface area contributed by atoms with E-state index in [0.717, 1.165) is 28.5 Å². The Morgan fingerprint density at radius 3 is 2.71 bits per heavy atom. The minimum atomic E-state index is 0.524. The van der Waals surface area contributed by atoms with E-state index in [0.29, 0.717) is 6.04 Å². The van der Waals surface area contributed by atoms with E-state index >= 15 is 0 Å². The fourth-order valence-electron chi connectivity index (χ4n) is 3.77. The number of nitrogens with zero attached hydrogens (tertiary/aromatic N) is 4. The molecule has 5 nitrogen and oxygen atoms in total. The van der Waals surface area contributed by atoms with Crippen molar-refractivity contribution >= 4 is 6.08 Å². The van der Waals surface area contributed by atoms with Crippen molar-refractivity contribution in [3.05, 3.63) is 60.8 Å². The molecule has 3 heterocycles. The van der Waals surface area contributed by atoms with Crippen LogP contribution in [0.15, 0.2) is 55.0 Å². The number of aromatic nitrogens is 4. The molecule has 5 heteroatoms. The lowest BCUT2D eigenvalue weighted by atomic mass is 10.0. The van der Waals surface area contributed by atoms with Crippen molar-refractivity contribution in [3.63, 3.8) is 0 Å². The largest absolute Gasteiger partial charge is 0.344 e. The van der Waals surface area contributed by atoms with Crippen molar-refractivity contribution in [2.24, 2.45) is 0 Å². The summed E-state index contributed by atoms with van der Waals surface area (Å²) < 4.78 is 0. The third kappa shape index (κ3) is 4.37. The topological polar surface area (TPSA) is 57.7 Å². The van der Waals surface area contributed by atoms with Gasteiger partial charge in [0.1, 0.15) is 5.82 Å². The Balaban J connectivity index is 1.45. The molecule has 28 heavy (non-hydrogen) atoms. The van der Waals surface area contributed by atoms with Gasteiger partial charge in [-0.15, -0.1) is 0 Å². The summed E-state index contributed by atoms with van der Waals surface area (Å²) in [6.45, 7) is 4.63. The summed E-state index contributed by atoms with van der Waals surface area (Å²) in [7, 11) is 0. The highest BCUT2D eigenvalue weighted by Crippen LogP contribution is 2.21. The Morgan fingerprint density at radius 1 is 1.11 bits per heavy atom. The molecule has 0 radical (unpaired) electrons. The van der Waals surface area contributed by atoms with E-state index in [2.05, 4.69) is 38.9 Å². The van der Waals surface area contributed by atoms with Crippen LogP contribution in [0.25, 0.3) is 28.7 Å². The zero-order valence-corrected chi connectivity index (χ0v) is 16.4. The maximum absolute atomic E-state index is 4.70. The van der Waals surface area contributed by atoms with E-state index in [1.54, 1.807) is 0 Å². The molecule has 0 amide bonds. The first kappa shape index (κ1) is 18.6. The Kier molecular flexibility index (Phi) is 5.92. The molecule has 1 aliphatic rings. The summed E-state index contributed by atoms with van der Waals surface area (Å²) >= 11 is 0. The van der Waals surface area contributed by atoms with Gasteiger partial charge in [0.25, 0.3) is 0 Å². The molecule has 1 atom stereocenters. The minimum Gasteiger partial charge on any atom is -0.344 e. The van der Waals surface area contributed by atoms with Crippen molar-refractivity contribution in [2.45, 2.75) is 38.6 Å². The normalized spacial score (nSPS) is 18.0. The second-order valence-electron chi connectivity index (χ2n) is 7.29. The van der Waals surface area contributed by atoms with Crippen LogP contribution in [-0.4, -0.2) is 44.0 Å². The molecule has 4 rings (SSSR count). The fourth-order valence-corrected chi connectivity index (χ4v) is 3.77. The quantitative estimate of drug-likeness (QED) is 0.673. The van der Waals surface area contributed by atoms with Crippen LogP contribution in [-0.2, 0) is 0 Å². The summed E-state index contributed by atoms with van der Waals surface area (Å²) in [6.07, 6.45) is 15.1. The maximum atomic E-state index is 4.70. The van der Waals surface area contributed by atoms with Crippen LogP contribution in [0.3, 0.4) is 0 Å². The second kappa shape index (κ2) is 8.93. The van der Waals surface area contributed by atoms with Gasteiger partial charge < -0.3 is 4.98 Å². The van der Waals surface area contributed by atoms with Gasteiger partial charge >= 0.3 is 0 Å². The lowest BCUT2D eigenvalue weighted by molar-refractivity contribution is 0.181. The van der Waals surface area contributed by atoms with Gasteiger partial charge in [0.05, 0.1) is 5.69 Å². The lowest BCUT2D eigenvalue weighted by Crippen LogP contribution is -2.38. The van der Waals surface area contributed by atoms with Crippen LogP contribution in [0.2, 0.25) is 0 Å². The van der Waals surface area contributed by atoms with Gasteiger partial charge in [-0.1, -0.05) is 49.8 Å². The zero-order valence-electron chi connectivity index (χ0n) is 16.4. The summed E-state index contributed by atoms with van der Waals surface area (Å²) in [5.74, 6) is 1.61. The van der Waals surface area contributed by atoms with Crippen LogP contribution in [0, 0.1) is 0 Å². The molecule has 0 bridgehead atoms. The van der Waals surface area contributed by atoms with Crippen molar-refractivity contribution in [2.75, 3.05) is 13.1 Å². The molecule has 1 aliphatic heterocycles. The van der Waals surface area contributed by atoms with Crippen molar-refractivity contribution in [1.82, 2.24) is 24.8 Å². The number of hydrogen-bond acceptors (Lipinski definition) is 4. The number of imidazole rings is 1. The molecule has 0 aliphatic carbocycles. The monoisotopic (exact) mass is 373 g/mol. The van der Waals surface area contributed by atoms with Crippen LogP contribution in [0.4, 0.5) is 0 Å². The number of likely N-dealkylation sites (tertiary alicyclic amines) is 1. The van der Waals surface area contributed by atoms with E-state index in [1.165, 1.54) is 38.8 Å². The highest BCUT2D eigenvalue weighted by molar-refractivity contribution is 5.61. The molecule has 0 saturated carbocycles. The number of H-pyrrole nitrogens is 1.